The Balaban J connectivity index is 1.31. The number of fused-ring (bicyclic) bond motifs is 3. The van der Waals surface area contributed by atoms with E-state index in [0.29, 0.717) is 46.8 Å². The Morgan fingerprint density at radius 3 is 2.56 bits per heavy atom. The second-order valence-corrected chi connectivity index (χ2v) is 11.7. The third kappa shape index (κ3) is 5.64. The van der Waals surface area contributed by atoms with Gasteiger partial charge in [0.05, 0.1) is 5.69 Å². The van der Waals surface area contributed by atoms with Crippen molar-refractivity contribution in [3.63, 3.8) is 0 Å². The Kier molecular flexibility index (Phi) is 7.76. The van der Waals surface area contributed by atoms with Crippen molar-refractivity contribution in [3.05, 3.63) is 88.1 Å². The molecular weight excluding hydrogens is 544 g/mol. The number of hydrogen-bond acceptors (Lipinski definition) is 6. The van der Waals surface area contributed by atoms with Crippen molar-refractivity contribution in [2.45, 2.75) is 63.9 Å². The van der Waals surface area contributed by atoms with Gasteiger partial charge in [0.1, 0.15) is 11.6 Å². The monoisotopic (exact) mass is 576 g/mol. The van der Waals surface area contributed by atoms with Crippen molar-refractivity contribution >= 4 is 29.5 Å². The summed E-state index contributed by atoms with van der Waals surface area (Å²) in [6.07, 6.45) is 2.18. The number of carbonyl (C=O) groups is 3. The van der Waals surface area contributed by atoms with Gasteiger partial charge in [-0.3, -0.25) is 14.6 Å². The van der Waals surface area contributed by atoms with Gasteiger partial charge in [0.25, 0.3) is 5.91 Å². The average Bonchev–Trinajstić information content (AvgIpc) is 3.53. The molecule has 0 bridgehead atoms. The van der Waals surface area contributed by atoms with Crippen LogP contribution in [-0.2, 0) is 33.0 Å². The molecule has 10 heteroatoms. The van der Waals surface area contributed by atoms with Gasteiger partial charge in [0.2, 0.25) is 5.91 Å². The number of pyridine rings is 1. The molecule has 3 N–H and O–H groups in total. The highest BCUT2D eigenvalue weighted by molar-refractivity contribution is 6.30. The number of likely N-dealkylation sites (tertiary alicyclic amines) is 1. The molecule has 1 aromatic heterocycles. The summed E-state index contributed by atoms with van der Waals surface area (Å²) in [5.74, 6) is -0.873. The maximum atomic E-state index is 14.0. The molecule has 2 atom stereocenters. The highest BCUT2D eigenvalue weighted by Gasteiger charge is 2.52. The molecule has 9 nitrogen and oxygen atoms in total. The van der Waals surface area contributed by atoms with Gasteiger partial charge in [-0.15, -0.1) is 0 Å². The molecule has 2 aliphatic rings. The summed E-state index contributed by atoms with van der Waals surface area (Å²) in [5, 5.41) is 18.1. The minimum absolute atomic E-state index is 0.142. The van der Waals surface area contributed by atoms with Gasteiger partial charge < -0.3 is 25.4 Å². The van der Waals surface area contributed by atoms with Crippen molar-refractivity contribution < 1.29 is 24.2 Å². The molecule has 0 spiro atoms. The van der Waals surface area contributed by atoms with Crippen LogP contribution in [-0.4, -0.2) is 51.1 Å². The smallest absolute Gasteiger partial charge is 0.407 e. The molecule has 0 radical (unpaired) electrons. The van der Waals surface area contributed by atoms with Crippen LogP contribution in [0.3, 0.4) is 0 Å². The van der Waals surface area contributed by atoms with Crippen LogP contribution in [0, 0.1) is 0 Å². The summed E-state index contributed by atoms with van der Waals surface area (Å²) >= 11 is 6.23. The first-order chi connectivity index (χ1) is 19.5. The summed E-state index contributed by atoms with van der Waals surface area (Å²) < 4.78 is 5.31. The molecule has 1 unspecified atom stereocenters. The second kappa shape index (κ2) is 11.1. The fourth-order valence-electron chi connectivity index (χ4n) is 5.50. The minimum Gasteiger partial charge on any atom is -0.444 e. The molecule has 3 amide bonds. The number of hydrogen-bond donors (Lipinski definition) is 3. The van der Waals surface area contributed by atoms with Crippen molar-refractivity contribution in [1.82, 2.24) is 20.5 Å². The Hall–Kier alpha value is -3.95. The zero-order chi connectivity index (χ0) is 29.4. The van der Waals surface area contributed by atoms with Crippen LogP contribution in [0.5, 0.6) is 0 Å². The number of ether oxygens (including phenoxy) is 1. The first kappa shape index (κ1) is 28.6. The van der Waals surface area contributed by atoms with Crippen LogP contribution in [0.2, 0.25) is 5.02 Å². The molecule has 2 heterocycles. The standard InChI is InChI=1S/C31H33ClN4O5/c1-30(2,3)41-29(39)35-17-19-12-13-21(32)16-20(19)18-34-27(37)25-11-7-15-36(25)28(38)31(40)23-9-5-4-8-22(23)26-24(31)10-6-14-33-26/h4-6,8-10,12-14,16,25,40H,7,11,15,17-18H2,1-3H3,(H,34,37)(H,35,39)/t25-,31?/m0/s1. The van der Waals surface area contributed by atoms with E-state index < -0.39 is 29.2 Å². The zero-order valence-electron chi connectivity index (χ0n) is 23.2. The Bertz CT molecular complexity index is 1460. The van der Waals surface area contributed by atoms with Crippen LogP contribution in [0.4, 0.5) is 4.79 Å². The van der Waals surface area contributed by atoms with E-state index in [0.717, 1.165) is 11.1 Å². The van der Waals surface area contributed by atoms with Crippen LogP contribution in [0.15, 0.2) is 60.8 Å². The lowest BCUT2D eigenvalue weighted by molar-refractivity contribution is -0.151. The topological polar surface area (TPSA) is 121 Å². The molecule has 1 saturated heterocycles. The number of amides is 3. The third-order valence-electron chi connectivity index (χ3n) is 7.34. The number of alkyl carbamates (subject to hydrolysis) is 1. The van der Waals surface area contributed by atoms with Crippen molar-refractivity contribution in [3.8, 4) is 11.3 Å². The molecule has 1 aliphatic carbocycles. The molecule has 5 rings (SSSR count). The van der Waals surface area contributed by atoms with Crippen molar-refractivity contribution in [2.24, 2.45) is 0 Å². The lowest BCUT2D eigenvalue weighted by atomic mass is 9.90. The van der Waals surface area contributed by atoms with Gasteiger partial charge in [0.15, 0.2) is 5.60 Å². The van der Waals surface area contributed by atoms with Gasteiger partial charge in [-0.2, -0.15) is 0 Å². The summed E-state index contributed by atoms with van der Waals surface area (Å²) in [5.41, 5.74) is 1.07. The lowest BCUT2D eigenvalue weighted by Crippen LogP contribution is -2.52. The zero-order valence-corrected chi connectivity index (χ0v) is 24.0. The molecular formula is C31H33ClN4O5. The molecule has 0 saturated carbocycles. The van der Waals surface area contributed by atoms with E-state index in [1.165, 1.54) is 4.90 Å². The Morgan fingerprint density at radius 1 is 1.05 bits per heavy atom. The lowest BCUT2D eigenvalue weighted by Gasteiger charge is -2.32. The van der Waals surface area contributed by atoms with E-state index in [9.17, 15) is 19.5 Å². The number of nitrogens with zero attached hydrogens (tertiary/aromatic N) is 2. The number of carbonyl (C=O) groups excluding carboxylic acids is 3. The first-order valence-electron chi connectivity index (χ1n) is 13.6. The SMILES string of the molecule is CC(C)(C)OC(=O)NCc1ccc(Cl)cc1CNC(=O)[C@@H]1CCCN1C(=O)C1(O)c2ccccc2-c2ncccc21. The number of aromatic nitrogens is 1. The summed E-state index contributed by atoms with van der Waals surface area (Å²) in [4.78, 5) is 45.5. The fraction of sp³-hybridized carbons (Fsp3) is 0.355. The predicted molar refractivity (Wildman–Crippen MR) is 154 cm³/mol. The van der Waals surface area contributed by atoms with E-state index in [2.05, 4.69) is 15.6 Å². The number of benzene rings is 2. The second-order valence-electron chi connectivity index (χ2n) is 11.3. The summed E-state index contributed by atoms with van der Waals surface area (Å²) in [7, 11) is 0. The van der Waals surface area contributed by atoms with Gasteiger partial charge in [-0.1, -0.05) is 48.0 Å². The van der Waals surface area contributed by atoms with E-state index in [-0.39, 0.29) is 19.0 Å². The number of halogens is 1. The third-order valence-corrected chi connectivity index (χ3v) is 7.57. The number of rotatable bonds is 6. The number of nitrogens with one attached hydrogen (secondary N) is 2. The Morgan fingerprint density at radius 2 is 1.78 bits per heavy atom. The van der Waals surface area contributed by atoms with E-state index >= 15 is 0 Å². The highest BCUT2D eigenvalue weighted by atomic mass is 35.5. The van der Waals surface area contributed by atoms with E-state index in [4.69, 9.17) is 16.3 Å². The maximum absolute atomic E-state index is 14.0. The Labute approximate surface area is 243 Å². The van der Waals surface area contributed by atoms with Gasteiger partial charge in [0, 0.05) is 47.5 Å². The van der Waals surface area contributed by atoms with Gasteiger partial charge >= 0.3 is 6.09 Å². The molecule has 41 heavy (non-hydrogen) atoms. The molecule has 3 aromatic rings. The average molecular weight is 577 g/mol. The summed E-state index contributed by atoms with van der Waals surface area (Å²) in [6.45, 7) is 6.03. The van der Waals surface area contributed by atoms with Crippen molar-refractivity contribution in [1.29, 1.82) is 0 Å². The summed E-state index contributed by atoms with van der Waals surface area (Å²) in [6, 6.07) is 15.1. The van der Waals surface area contributed by atoms with Crippen LogP contribution in [0.25, 0.3) is 11.3 Å². The molecule has 2 aromatic carbocycles. The van der Waals surface area contributed by atoms with E-state index in [1.54, 1.807) is 69.4 Å². The van der Waals surface area contributed by atoms with Gasteiger partial charge in [-0.25, -0.2) is 4.79 Å². The van der Waals surface area contributed by atoms with Gasteiger partial charge in [-0.05, 0) is 62.9 Å². The van der Waals surface area contributed by atoms with Crippen LogP contribution in [0.1, 0.15) is 55.9 Å². The van der Waals surface area contributed by atoms with Crippen LogP contribution >= 0.6 is 11.6 Å². The minimum atomic E-state index is -1.93. The number of aliphatic hydroxyl groups is 1. The predicted octanol–water partition coefficient (Wildman–Crippen LogP) is 4.28. The molecule has 214 valence electrons. The molecule has 1 aliphatic heterocycles. The normalized spacial score (nSPS) is 19.3. The molecule has 1 fully saturated rings. The highest BCUT2D eigenvalue weighted by Crippen LogP contribution is 2.47. The fourth-order valence-corrected chi connectivity index (χ4v) is 5.69. The van der Waals surface area contributed by atoms with E-state index in [1.807, 2.05) is 12.1 Å². The maximum Gasteiger partial charge on any atom is 0.407 e. The quantitative estimate of drug-likeness (QED) is 0.403. The van der Waals surface area contributed by atoms with Crippen molar-refractivity contribution in [2.75, 3.05) is 6.54 Å². The first-order valence-corrected chi connectivity index (χ1v) is 14.0. The van der Waals surface area contributed by atoms with Crippen LogP contribution < -0.4 is 10.6 Å². The largest absolute Gasteiger partial charge is 0.444 e.